The van der Waals surface area contributed by atoms with Crippen molar-refractivity contribution in [2.75, 3.05) is 43.1 Å². The van der Waals surface area contributed by atoms with Crippen LogP contribution in [0.1, 0.15) is 0 Å². The van der Waals surface area contributed by atoms with E-state index in [9.17, 15) is 13.0 Å². The van der Waals surface area contributed by atoms with Crippen molar-refractivity contribution in [3.8, 4) is 45.3 Å². The van der Waals surface area contributed by atoms with Gasteiger partial charge in [0.2, 0.25) is 0 Å². The summed E-state index contributed by atoms with van der Waals surface area (Å²) < 4.78 is 56.2. The van der Waals surface area contributed by atoms with E-state index in [4.69, 9.17) is 18.9 Å². The number of methoxy groups -OCH3 is 4. The Bertz CT molecular complexity index is 3100. The molecule has 1 aliphatic heterocycles. The summed E-state index contributed by atoms with van der Waals surface area (Å²) in [6.45, 7) is 0. The second kappa shape index (κ2) is 19.4. The van der Waals surface area contributed by atoms with Crippen LogP contribution < -0.4 is 33.6 Å². The monoisotopic (exact) mass is 961 g/mol. The van der Waals surface area contributed by atoms with E-state index in [1.165, 1.54) is 12.1 Å². The summed E-state index contributed by atoms with van der Waals surface area (Å²) in [5.74, 6) is 3.08. The molecule has 9 aromatic rings. The van der Waals surface area contributed by atoms with Crippen molar-refractivity contribution in [3.63, 3.8) is 0 Å². The van der Waals surface area contributed by atoms with Gasteiger partial charge in [-0.15, -0.1) is 0 Å². The topological polar surface area (TPSA) is 101 Å². The van der Waals surface area contributed by atoms with Crippen LogP contribution in [0.15, 0.2) is 221 Å². The fourth-order valence-electron chi connectivity index (χ4n) is 8.75. The van der Waals surface area contributed by atoms with Gasteiger partial charge in [0, 0.05) is 49.6 Å². The van der Waals surface area contributed by atoms with Crippen molar-refractivity contribution >= 4 is 73.1 Å². The van der Waals surface area contributed by atoms with Crippen LogP contribution in [0.2, 0.25) is 0 Å². The van der Waals surface area contributed by atoms with Crippen molar-refractivity contribution in [2.24, 2.45) is 0 Å². The molecule has 0 spiro atoms. The SMILES string of the molecule is COc1ccc(N(c2ccc(OC)cc2)c2ccc(-c3cccc4c3Sc3c(-c5ccc(N(c6ccc(OC)cc6)c6ccc(OC)cc6)cc5)cccc3N4c3ccc(S(=O)(=O)O)cc3)cc2)cc1. The lowest BCUT2D eigenvalue weighted by molar-refractivity contribution is 0.414. The molecule has 1 heterocycles. The molecule has 0 saturated carbocycles. The third-order valence-corrected chi connectivity index (χ3v) is 14.4. The summed E-state index contributed by atoms with van der Waals surface area (Å²) in [5, 5.41) is 0. The van der Waals surface area contributed by atoms with Crippen LogP contribution in [-0.4, -0.2) is 41.4 Å². The highest BCUT2D eigenvalue weighted by molar-refractivity contribution is 8.00. The Balaban J connectivity index is 1.06. The zero-order valence-electron chi connectivity index (χ0n) is 38.7. The normalized spacial score (nSPS) is 11.8. The molecule has 0 aromatic heterocycles. The van der Waals surface area contributed by atoms with E-state index in [0.29, 0.717) is 0 Å². The van der Waals surface area contributed by atoms with Gasteiger partial charge in [0.25, 0.3) is 10.1 Å². The molecule has 0 unspecified atom stereocenters. The van der Waals surface area contributed by atoms with Gasteiger partial charge in [0.15, 0.2) is 0 Å². The molecule has 0 atom stereocenters. The lowest BCUT2D eigenvalue weighted by Crippen LogP contribution is -2.16. The number of nitrogens with zero attached hydrogens (tertiary/aromatic N) is 3. The van der Waals surface area contributed by atoms with Gasteiger partial charge in [-0.05, 0) is 180 Å². The van der Waals surface area contributed by atoms with Gasteiger partial charge in [-0.25, -0.2) is 0 Å². The predicted octanol–water partition coefficient (Wildman–Crippen LogP) is 15.2. The molecular weight excluding hydrogens is 915 g/mol. The standard InChI is InChI=1S/C58H47N3O7S2/c1-65-48-29-19-43(20-30-48)59(44-21-31-49(66-2)32-22-44)41-15-11-39(12-16-41)53-7-5-9-55-57(53)69-58-54(8-6-10-56(58)61(55)47-27-37-52(38-28-47)70(62,63)64)40-13-17-42(18-14-40)60(45-23-33-50(67-3)34-24-45)46-25-35-51(68-4)36-26-46/h5-38H,1-4H3,(H,62,63,64). The number of rotatable bonds is 14. The highest BCUT2D eigenvalue weighted by Gasteiger charge is 2.30. The maximum atomic E-state index is 12.2. The maximum Gasteiger partial charge on any atom is 0.294 e. The Labute approximate surface area is 412 Å². The van der Waals surface area contributed by atoms with E-state index in [2.05, 4.69) is 87.5 Å². The highest BCUT2D eigenvalue weighted by Crippen LogP contribution is 2.57. The van der Waals surface area contributed by atoms with E-state index in [1.807, 2.05) is 109 Å². The Morgan fingerprint density at radius 2 is 0.700 bits per heavy atom. The smallest absolute Gasteiger partial charge is 0.294 e. The minimum absolute atomic E-state index is 0.178. The molecule has 0 radical (unpaired) electrons. The molecule has 12 heteroatoms. The minimum atomic E-state index is -4.41. The van der Waals surface area contributed by atoms with Crippen LogP contribution in [0.3, 0.4) is 0 Å². The minimum Gasteiger partial charge on any atom is -0.497 e. The van der Waals surface area contributed by atoms with Gasteiger partial charge in [0.05, 0.1) is 44.7 Å². The average molecular weight is 962 g/mol. The van der Waals surface area contributed by atoms with Crippen LogP contribution in [0.5, 0.6) is 23.0 Å². The number of hydrogen-bond acceptors (Lipinski definition) is 10. The second-order valence-electron chi connectivity index (χ2n) is 16.3. The first-order valence-electron chi connectivity index (χ1n) is 22.3. The van der Waals surface area contributed by atoms with Crippen molar-refractivity contribution in [2.45, 2.75) is 14.7 Å². The van der Waals surface area contributed by atoms with E-state index in [0.717, 1.165) is 106 Å². The molecule has 1 aliphatic rings. The van der Waals surface area contributed by atoms with Crippen LogP contribution in [0, 0.1) is 0 Å². The zero-order chi connectivity index (χ0) is 48.4. The van der Waals surface area contributed by atoms with Gasteiger partial charge in [-0.2, -0.15) is 8.42 Å². The Kier molecular flexibility index (Phi) is 12.7. The number of ether oxygens (including phenoxy) is 4. The summed E-state index contributed by atoms with van der Waals surface area (Å²) in [6.07, 6.45) is 0. The molecule has 0 fully saturated rings. The van der Waals surface area contributed by atoms with Crippen molar-refractivity contribution in [3.05, 3.63) is 206 Å². The maximum absolute atomic E-state index is 12.2. The first kappa shape index (κ1) is 45.6. The second-order valence-corrected chi connectivity index (χ2v) is 18.7. The van der Waals surface area contributed by atoms with Gasteiger partial charge < -0.3 is 33.6 Å². The quantitative estimate of drug-likeness (QED) is 0.105. The lowest BCUT2D eigenvalue weighted by Gasteiger charge is -2.35. The van der Waals surface area contributed by atoms with Gasteiger partial charge in [0.1, 0.15) is 23.0 Å². The third-order valence-electron chi connectivity index (χ3n) is 12.3. The molecule has 1 N–H and O–H groups in total. The summed E-state index contributed by atoms with van der Waals surface area (Å²) in [6, 6.07) is 68.0. The molecule has 0 aliphatic carbocycles. The number of anilines is 9. The van der Waals surface area contributed by atoms with Crippen molar-refractivity contribution in [1.82, 2.24) is 0 Å². The third kappa shape index (κ3) is 8.99. The van der Waals surface area contributed by atoms with E-state index in [1.54, 1.807) is 52.3 Å². The number of fused-ring (bicyclic) bond motifs is 2. The summed E-state index contributed by atoms with van der Waals surface area (Å²) in [5.41, 5.74) is 12.5. The summed E-state index contributed by atoms with van der Waals surface area (Å²) in [7, 11) is 2.23. The molecule has 9 aromatic carbocycles. The Hall–Kier alpha value is -8.16. The fourth-order valence-corrected chi connectivity index (χ4v) is 10.6. The number of hydrogen-bond donors (Lipinski definition) is 1. The Morgan fingerprint density at radius 3 is 0.986 bits per heavy atom. The molecule has 70 heavy (non-hydrogen) atoms. The van der Waals surface area contributed by atoms with E-state index in [-0.39, 0.29) is 4.90 Å². The van der Waals surface area contributed by atoms with Gasteiger partial charge >= 0.3 is 0 Å². The average Bonchev–Trinajstić information content (AvgIpc) is 3.41. The molecular formula is C58H47N3O7S2. The van der Waals surface area contributed by atoms with E-state index >= 15 is 0 Å². The van der Waals surface area contributed by atoms with Crippen LogP contribution in [0.4, 0.5) is 51.2 Å². The number of benzene rings is 9. The largest absolute Gasteiger partial charge is 0.497 e. The zero-order valence-corrected chi connectivity index (χ0v) is 40.3. The van der Waals surface area contributed by atoms with Crippen LogP contribution in [0.25, 0.3) is 22.3 Å². The molecule has 10 rings (SSSR count). The molecule has 348 valence electrons. The fraction of sp³-hybridized carbons (Fsp3) is 0.0690. The van der Waals surface area contributed by atoms with Crippen LogP contribution >= 0.6 is 11.8 Å². The van der Waals surface area contributed by atoms with Crippen molar-refractivity contribution < 1.29 is 31.9 Å². The molecule has 10 nitrogen and oxygen atoms in total. The Morgan fingerprint density at radius 1 is 0.400 bits per heavy atom. The van der Waals surface area contributed by atoms with Crippen molar-refractivity contribution in [1.29, 1.82) is 0 Å². The molecule has 0 saturated heterocycles. The first-order chi connectivity index (χ1) is 34.1. The lowest BCUT2D eigenvalue weighted by atomic mass is 10.0. The summed E-state index contributed by atoms with van der Waals surface area (Å²) in [4.78, 5) is 8.42. The first-order valence-corrected chi connectivity index (χ1v) is 24.6. The van der Waals surface area contributed by atoms with E-state index < -0.39 is 10.1 Å². The molecule has 0 bridgehead atoms. The van der Waals surface area contributed by atoms with Gasteiger partial charge in [-0.3, -0.25) is 4.55 Å². The highest BCUT2D eigenvalue weighted by atomic mass is 32.2. The molecule has 0 amide bonds. The summed E-state index contributed by atoms with van der Waals surface area (Å²) >= 11 is 1.71. The van der Waals surface area contributed by atoms with Gasteiger partial charge in [-0.1, -0.05) is 60.3 Å². The van der Waals surface area contributed by atoms with Crippen LogP contribution in [-0.2, 0) is 10.1 Å². The predicted molar refractivity (Wildman–Crippen MR) is 282 cm³/mol.